The van der Waals surface area contributed by atoms with Crippen LogP contribution in [-0.4, -0.2) is 54.9 Å². The molecule has 1 unspecified atom stereocenters. The van der Waals surface area contributed by atoms with Gasteiger partial charge < -0.3 is 20.1 Å². The first-order chi connectivity index (χ1) is 8.04. The zero-order valence-electron chi connectivity index (χ0n) is 10.7. The number of nitrogens with one attached hydrogen (secondary N) is 1. The Morgan fingerprint density at radius 1 is 1.41 bits per heavy atom. The Morgan fingerprint density at radius 3 is 2.47 bits per heavy atom. The number of urea groups is 1. The van der Waals surface area contributed by atoms with E-state index in [4.69, 9.17) is 9.84 Å². The summed E-state index contributed by atoms with van der Waals surface area (Å²) in [6.45, 7) is 5.44. The third-order valence-corrected chi connectivity index (χ3v) is 2.38. The van der Waals surface area contributed by atoms with E-state index in [1.165, 1.54) is 7.11 Å². The maximum atomic E-state index is 11.7. The first-order valence-electron chi connectivity index (χ1n) is 5.82. The average Bonchev–Trinajstić information content (AvgIpc) is 2.30. The lowest BCUT2D eigenvalue weighted by Gasteiger charge is -2.22. The quantitative estimate of drug-likeness (QED) is 0.667. The summed E-state index contributed by atoms with van der Waals surface area (Å²) in [6.07, 6.45) is 0.289. The Bertz CT molecular complexity index is 246. The van der Waals surface area contributed by atoms with Crippen molar-refractivity contribution in [1.82, 2.24) is 10.2 Å². The summed E-state index contributed by atoms with van der Waals surface area (Å²) < 4.78 is 4.97. The minimum Gasteiger partial charge on any atom is -0.481 e. The normalized spacial score (nSPS) is 11.9. The van der Waals surface area contributed by atoms with E-state index >= 15 is 0 Å². The first kappa shape index (κ1) is 15.7. The number of rotatable bonds is 8. The summed E-state index contributed by atoms with van der Waals surface area (Å²) >= 11 is 0. The van der Waals surface area contributed by atoms with E-state index in [9.17, 15) is 9.59 Å². The van der Waals surface area contributed by atoms with Crippen LogP contribution in [0.1, 0.15) is 26.7 Å². The van der Waals surface area contributed by atoms with Gasteiger partial charge in [0.25, 0.3) is 0 Å². The molecule has 100 valence electrons. The predicted octanol–water partition coefficient (Wildman–Crippen LogP) is 0.918. The van der Waals surface area contributed by atoms with Crippen molar-refractivity contribution in [1.29, 1.82) is 0 Å². The molecule has 0 aliphatic heterocycles. The molecular formula is C11H22N2O4. The van der Waals surface area contributed by atoms with Gasteiger partial charge >= 0.3 is 12.0 Å². The van der Waals surface area contributed by atoms with Gasteiger partial charge in [-0.25, -0.2) is 4.79 Å². The number of nitrogens with zero attached hydrogens (tertiary/aromatic N) is 1. The van der Waals surface area contributed by atoms with Crippen molar-refractivity contribution in [3.63, 3.8) is 0 Å². The lowest BCUT2D eigenvalue weighted by molar-refractivity contribution is -0.139. The second-order valence-electron chi connectivity index (χ2n) is 3.72. The maximum absolute atomic E-state index is 11.7. The molecule has 17 heavy (non-hydrogen) atoms. The third-order valence-electron chi connectivity index (χ3n) is 2.38. The number of ether oxygens (including phenoxy) is 1. The Kier molecular flexibility index (Phi) is 8.13. The van der Waals surface area contributed by atoms with Gasteiger partial charge in [0.05, 0.1) is 12.5 Å². The van der Waals surface area contributed by atoms with Crippen molar-refractivity contribution in [2.45, 2.75) is 32.8 Å². The highest BCUT2D eigenvalue weighted by atomic mass is 16.5. The van der Waals surface area contributed by atoms with Gasteiger partial charge in [0.2, 0.25) is 0 Å². The fourth-order valence-corrected chi connectivity index (χ4v) is 1.42. The van der Waals surface area contributed by atoms with Gasteiger partial charge in [-0.2, -0.15) is 0 Å². The second kappa shape index (κ2) is 8.81. The van der Waals surface area contributed by atoms with Gasteiger partial charge in [-0.3, -0.25) is 4.79 Å². The van der Waals surface area contributed by atoms with E-state index in [0.29, 0.717) is 13.1 Å². The highest BCUT2D eigenvalue weighted by molar-refractivity contribution is 5.74. The van der Waals surface area contributed by atoms with Crippen molar-refractivity contribution in [3.05, 3.63) is 0 Å². The van der Waals surface area contributed by atoms with Crippen molar-refractivity contribution >= 4 is 12.0 Å². The van der Waals surface area contributed by atoms with E-state index in [2.05, 4.69) is 5.32 Å². The molecule has 0 spiro atoms. The number of carboxylic acids is 1. The van der Waals surface area contributed by atoms with Crippen molar-refractivity contribution in [2.75, 3.05) is 26.7 Å². The molecule has 0 aliphatic rings. The molecule has 0 rings (SSSR count). The Balaban J connectivity index is 4.06. The number of amides is 2. The lowest BCUT2D eigenvalue weighted by Crippen LogP contribution is -2.43. The molecule has 0 heterocycles. The van der Waals surface area contributed by atoms with E-state index < -0.39 is 12.1 Å². The third kappa shape index (κ3) is 6.78. The van der Waals surface area contributed by atoms with Crippen LogP contribution in [0.5, 0.6) is 0 Å². The van der Waals surface area contributed by atoms with Crippen molar-refractivity contribution < 1.29 is 19.4 Å². The molecule has 0 aromatic rings. The highest BCUT2D eigenvalue weighted by Gasteiger charge is 2.15. The second-order valence-corrected chi connectivity index (χ2v) is 3.72. The molecule has 0 aliphatic carbocycles. The van der Waals surface area contributed by atoms with Gasteiger partial charge in [0, 0.05) is 26.7 Å². The average molecular weight is 246 g/mol. The van der Waals surface area contributed by atoms with Crippen LogP contribution in [0.3, 0.4) is 0 Å². The number of carbonyl (C=O) groups is 2. The predicted molar refractivity (Wildman–Crippen MR) is 64.0 cm³/mol. The molecule has 6 heteroatoms. The first-order valence-corrected chi connectivity index (χ1v) is 5.82. The molecule has 6 nitrogen and oxygen atoms in total. The highest BCUT2D eigenvalue weighted by Crippen LogP contribution is 1.97. The molecule has 0 radical (unpaired) electrons. The summed E-state index contributed by atoms with van der Waals surface area (Å²) in [7, 11) is 1.43. The van der Waals surface area contributed by atoms with Gasteiger partial charge in [0.15, 0.2) is 0 Å². The maximum Gasteiger partial charge on any atom is 0.317 e. The van der Waals surface area contributed by atoms with E-state index in [-0.39, 0.29) is 19.0 Å². The summed E-state index contributed by atoms with van der Waals surface area (Å²) in [5.41, 5.74) is 0. The molecule has 1 atom stereocenters. The minimum absolute atomic E-state index is 0.114. The van der Waals surface area contributed by atoms with Gasteiger partial charge in [0.1, 0.15) is 0 Å². The SMILES string of the molecule is CCCN(CC)C(=O)NCC(CC(=O)O)OC. The van der Waals surface area contributed by atoms with Crippen LogP contribution < -0.4 is 5.32 Å². The van der Waals surface area contributed by atoms with Crippen LogP contribution in [-0.2, 0) is 9.53 Å². The standard InChI is InChI=1S/C11H22N2O4/c1-4-6-13(5-2)11(16)12-8-9(17-3)7-10(14)15/h9H,4-8H2,1-3H3,(H,12,16)(H,14,15). The van der Waals surface area contributed by atoms with E-state index in [0.717, 1.165) is 6.42 Å². The molecule has 0 saturated carbocycles. The number of carboxylic acid groups (broad SMARTS) is 1. The zero-order valence-corrected chi connectivity index (χ0v) is 10.7. The topological polar surface area (TPSA) is 78.9 Å². The molecule has 0 aromatic carbocycles. The van der Waals surface area contributed by atoms with Crippen LogP contribution >= 0.6 is 0 Å². The zero-order chi connectivity index (χ0) is 13.3. The number of hydrogen-bond donors (Lipinski definition) is 2. The Morgan fingerprint density at radius 2 is 2.06 bits per heavy atom. The number of aliphatic carboxylic acids is 1. The van der Waals surface area contributed by atoms with Crippen LogP contribution in [0.2, 0.25) is 0 Å². The van der Waals surface area contributed by atoms with Crippen LogP contribution in [0.4, 0.5) is 4.79 Å². The monoisotopic (exact) mass is 246 g/mol. The molecule has 2 N–H and O–H groups in total. The van der Waals surface area contributed by atoms with Crippen LogP contribution in [0.15, 0.2) is 0 Å². The molecule has 0 saturated heterocycles. The van der Waals surface area contributed by atoms with Gasteiger partial charge in [-0.1, -0.05) is 6.92 Å². The number of carbonyl (C=O) groups excluding carboxylic acids is 1. The summed E-state index contributed by atoms with van der Waals surface area (Å²) in [4.78, 5) is 23.9. The molecule has 0 fully saturated rings. The molecule has 2 amide bonds. The Labute approximate surface area is 102 Å². The summed E-state index contributed by atoms with van der Waals surface area (Å²) in [5, 5.41) is 11.3. The van der Waals surface area contributed by atoms with Crippen LogP contribution in [0, 0.1) is 0 Å². The summed E-state index contributed by atoms with van der Waals surface area (Å²) in [5.74, 6) is -0.938. The largest absolute Gasteiger partial charge is 0.481 e. The van der Waals surface area contributed by atoms with Gasteiger partial charge in [-0.15, -0.1) is 0 Å². The fourth-order valence-electron chi connectivity index (χ4n) is 1.42. The number of hydrogen-bond acceptors (Lipinski definition) is 3. The number of methoxy groups -OCH3 is 1. The smallest absolute Gasteiger partial charge is 0.317 e. The van der Waals surface area contributed by atoms with E-state index in [1.54, 1.807) is 4.90 Å². The molecule has 0 aromatic heterocycles. The fraction of sp³-hybridized carbons (Fsp3) is 0.818. The lowest BCUT2D eigenvalue weighted by atomic mass is 10.2. The van der Waals surface area contributed by atoms with Gasteiger partial charge in [-0.05, 0) is 13.3 Å². The van der Waals surface area contributed by atoms with Crippen molar-refractivity contribution in [2.24, 2.45) is 0 Å². The van der Waals surface area contributed by atoms with Crippen molar-refractivity contribution in [3.8, 4) is 0 Å². The summed E-state index contributed by atoms with van der Waals surface area (Å²) in [6, 6.07) is -0.179. The minimum atomic E-state index is -0.938. The van der Waals surface area contributed by atoms with Crippen LogP contribution in [0.25, 0.3) is 0 Å². The molecule has 0 bridgehead atoms. The Hall–Kier alpha value is -1.30. The van der Waals surface area contributed by atoms with E-state index in [1.807, 2.05) is 13.8 Å². The molecular weight excluding hydrogens is 224 g/mol.